The smallest absolute Gasteiger partial charge is 0.248 e. The zero-order valence-electron chi connectivity index (χ0n) is 7.43. The third-order valence-electron chi connectivity index (χ3n) is 1.42. The molecule has 0 aliphatic carbocycles. The fraction of sp³-hybridized carbons (Fsp3) is 0.800. The first-order chi connectivity index (χ1) is 6.47. The maximum Gasteiger partial charge on any atom is 0.248 e. The van der Waals surface area contributed by atoms with Crippen LogP contribution < -0.4 is 10.7 Å². The average molecular weight is 206 g/mol. The third kappa shape index (κ3) is 4.85. The zero-order chi connectivity index (χ0) is 11.1. The first-order valence-electron chi connectivity index (χ1n) is 3.71. The Bertz CT molecular complexity index is 242. The van der Waals surface area contributed by atoms with Crippen molar-refractivity contribution in [3.05, 3.63) is 20.2 Å². The molecule has 0 saturated carbocycles. The van der Waals surface area contributed by atoms with E-state index in [0.29, 0.717) is 0 Å². The van der Waals surface area contributed by atoms with Gasteiger partial charge >= 0.3 is 0 Å². The van der Waals surface area contributed by atoms with Crippen molar-refractivity contribution in [1.82, 2.24) is 10.7 Å². The number of carbonyl (C=O) groups excluding carboxylic acids is 1. The topological polar surface area (TPSA) is 127 Å². The number of hydrogen-bond donors (Lipinski definition) is 2. The van der Waals surface area contributed by atoms with Crippen LogP contribution in [-0.2, 0) is 4.79 Å². The van der Waals surface area contributed by atoms with E-state index in [2.05, 4.69) is 5.32 Å². The van der Waals surface area contributed by atoms with E-state index in [0.717, 1.165) is 0 Å². The van der Waals surface area contributed by atoms with Crippen molar-refractivity contribution in [2.24, 2.45) is 0 Å². The molecule has 0 aliphatic rings. The predicted octanol–water partition coefficient (Wildman–Crippen LogP) is -1.45. The summed E-state index contributed by atoms with van der Waals surface area (Å²) in [5, 5.41) is 21.3. The van der Waals surface area contributed by atoms with Crippen LogP contribution in [0.25, 0.3) is 0 Å². The summed E-state index contributed by atoms with van der Waals surface area (Å²) in [6, 6.07) is -1.18. The molecule has 0 fully saturated rings. The van der Waals surface area contributed by atoms with Gasteiger partial charge in [0.2, 0.25) is 12.5 Å². The molecule has 0 heterocycles. The summed E-state index contributed by atoms with van der Waals surface area (Å²) in [6.45, 7) is -0.501. The normalized spacial score (nSPS) is 11.5. The van der Waals surface area contributed by atoms with Crippen LogP contribution in [0.5, 0.6) is 0 Å². The molecule has 0 aliphatic heterocycles. The van der Waals surface area contributed by atoms with Crippen LogP contribution in [0.2, 0.25) is 0 Å². The van der Waals surface area contributed by atoms with E-state index in [1.807, 2.05) is 0 Å². The first kappa shape index (κ1) is 12.1. The Morgan fingerprint density at radius 2 is 2.00 bits per heavy atom. The highest BCUT2D eigenvalue weighted by molar-refractivity contribution is 5.81. The molecule has 0 spiro atoms. The van der Waals surface area contributed by atoms with Crippen LogP contribution in [0, 0.1) is 20.2 Å². The predicted molar refractivity (Wildman–Crippen MR) is 44.5 cm³/mol. The number of amides is 1. The van der Waals surface area contributed by atoms with E-state index < -0.39 is 28.4 Å². The molecule has 0 aromatic heterocycles. The number of hydrogen-bond acceptors (Lipinski definition) is 5. The lowest BCUT2D eigenvalue weighted by Gasteiger charge is -2.09. The molecule has 0 unspecified atom stereocenters. The van der Waals surface area contributed by atoms with E-state index in [4.69, 9.17) is 0 Å². The van der Waals surface area contributed by atoms with E-state index >= 15 is 0 Å². The van der Waals surface area contributed by atoms with Gasteiger partial charge in [-0.2, -0.15) is 0 Å². The molecule has 0 bridgehead atoms. The molecule has 0 aromatic rings. The molecular weight excluding hydrogens is 196 g/mol. The Morgan fingerprint density at radius 3 is 2.36 bits per heavy atom. The summed E-state index contributed by atoms with van der Waals surface area (Å²) in [5.41, 5.74) is 1.69. The lowest BCUT2D eigenvalue weighted by Crippen LogP contribution is -2.46. The highest BCUT2D eigenvalue weighted by Gasteiger charge is 2.23. The minimum Gasteiger partial charge on any atom is -0.357 e. The lowest BCUT2D eigenvalue weighted by atomic mass is 10.2. The largest absolute Gasteiger partial charge is 0.357 e. The second-order valence-electron chi connectivity index (χ2n) is 2.40. The average Bonchev–Trinajstić information content (AvgIpc) is 2.10. The molecular formula is C5H10N4O5. The van der Waals surface area contributed by atoms with Crippen LogP contribution in [0.1, 0.15) is 6.42 Å². The fourth-order valence-electron chi connectivity index (χ4n) is 0.790. The van der Waals surface area contributed by atoms with Gasteiger partial charge in [0.15, 0.2) is 11.1 Å². The Labute approximate surface area is 78.7 Å². The van der Waals surface area contributed by atoms with Crippen LogP contribution >= 0.6 is 0 Å². The monoisotopic (exact) mass is 206 g/mol. The number of hydrazine groups is 1. The molecule has 9 heteroatoms. The van der Waals surface area contributed by atoms with Gasteiger partial charge in [0.05, 0.1) is 0 Å². The van der Waals surface area contributed by atoms with Gasteiger partial charge in [0, 0.05) is 18.4 Å². The van der Waals surface area contributed by atoms with Gasteiger partial charge in [-0.25, -0.2) is 10.1 Å². The SMILES string of the molecule is CNC(=O)[C@H](CC[N+](=O)[O-])N[N+](=O)[O-]. The van der Waals surface area contributed by atoms with Crippen molar-refractivity contribution in [2.45, 2.75) is 12.5 Å². The highest BCUT2D eigenvalue weighted by Crippen LogP contribution is 1.92. The van der Waals surface area contributed by atoms with Crippen molar-refractivity contribution in [1.29, 1.82) is 0 Å². The number of carbonyl (C=O) groups is 1. The summed E-state index contributed by atoms with van der Waals surface area (Å²) >= 11 is 0. The number of rotatable bonds is 6. The van der Waals surface area contributed by atoms with Gasteiger partial charge < -0.3 is 5.32 Å². The summed E-state index contributed by atoms with van der Waals surface area (Å²) in [5.74, 6) is -0.649. The van der Waals surface area contributed by atoms with Gasteiger partial charge in [-0.15, -0.1) is 5.43 Å². The van der Waals surface area contributed by atoms with E-state index in [1.54, 1.807) is 5.43 Å². The van der Waals surface area contributed by atoms with Crippen molar-refractivity contribution < 1.29 is 14.8 Å². The Balaban J connectivity index is 4.17. The Morgan fingerprint density at radius 1 is 1.43 bits per heavy atom. The first-order valence-corrected chi connectivity index (χ1v) is 3.71. The molecule has 14 heavy (non-hydrogen) atoms. The van der Waals surface area contributed by atoms with E-state index in [-0.39, 0.29) is 6.42 Å². The Kier molecular flexibility index (Phi) is 4.89. The van der Waals surface area contributed by atoms with Gasteiger partial charge in [0.1, 0.15) is 0 Å². The quantitative estimate of drug-likeness (QED) is 0.404. The van der Waals surface area contributed by atoms with Crippen LogP contribution in [0.3, 0.4) is 0 Å². The summed E-state index contributed by atoms with van der Waals surface area (Å²) < 4.78 is 0. The molecule has 80 valence electrons. The van der Waals surface area contributed by atoms with Crippen molar-refractivity contribution in [2.75, 3.05) is 13.6 Å². The van der Waals surface area contributed by atoms with Gasteiger partial charge in [-0.05, 0) is 0 Å². The second kappa shape index (κ2) is 5.67. The van der Waals surface area contributed by atoms with Crippen LogP contribution in [0.4, 0.5) is 0 Å². The zero-order valence-corrected chi connectivity index (χ0v) is 7.43. The summed E-state index contributed by atoms with van der Waals surface area (Å²) in [7, 11) is 1.29. The van der Waals surface area contributed by atoms with Crippen LogP contribution in [0.15, 0.2) is 0 Å². The minimum atomic E-state index is -1.18. The molecule has 0 rings (SSSR count). The third-order valence-corrected chi connectivity index (χ3v) is 1.42. The second-order valence-corrected chi connectivity index (χ2v) is 2.40. The molecule has 1 atom stereocenters. The molecule has 1 amide bonds. The standard InChI is InChI=1S/C5H10N4O5/c1-6-5(10)4(7-9(13)14)2-3-8(11)12/h4,7H,2-3H2,1H3,(H,6,10)/t4-/m0/s1. The van der Waals surface area contributed by atoms with Crippen LogP contribution in [-0.4, -0.2) is 35.5 Å². The van der Waals surface area contributed by atoms with Crippen molar-refractivity contribution >= 4 is 5.91 Å². The molecule has 0 radical (unpaired) electrons. The maximum absolute atomic E-state index is 11.0. The summed E-state index contributed by atoms with van der Waals surface area (Å²) in [6.07, 6.45) is -0.229. The van der Waals surface area contributed by atoms with E-state index in [1.165, 1.54) is 7.05 Å². The maximum atomic E-state index is 11.0. The van der Waals surface area contributed by atoms with Gasteiger partial charge in [0.25, 0.3) is 0 Å². The van der Waals surface area contributed by atoms with E-state index in [9.17, 15) is 25.0 Å². The summed E-state index contributed by atoms with van der Waals surface area (Å²) in [4.78, 5) is 30.3. The van der Waals surface area contributed by atoms with Gasteiger partial charge in [-0.3, -0.25) is 14.9 Å². The molecule has 0 saturated heterocycles. The number of likely N-dealkylation sites (N-methyl/N-ethyl adjacent to an activating group) is 1. The fourth-order valence-corrected chi connectivity index (χ4v) is 0.790. The van der Waals surface area contributed by atoms with Gasteiger partial charge in [-0.1, -0.05) is 0 Å². The van der Waals surface area contributed by atoms with Crippen molar-refractivity contribution in [3.63, 3.8) is 0 Å². The number of nitrogens with one attached hydrogen (secondary N) is 2. The molecule has 0 aromatic carbocycles. The number of nitrogens with zero attached hydrogens (tertiary/aromatic N) is 2. The highest BCUT2D eigenvalue weighted by atomic mass is 16.7. The minimum absolute atomic E-state index is 0.229. The van der Waals surface area contributed by atoms with Crippen molar-refractivity contribution in [3.8, 4) is 0 Å². The molecule has 9 nitrogen and oxygen atoms in total. The Hall–Kier alpha value is -1.93. The lowest BCUT2D eigenvalue weighted by molar-refractivity contribution is -0.551. The number of nitro groups is 2. The molecule has 2 N–H and O–H groups in total.